The van der Waals surface area contributed by atoms with E-state index in [9.17, 15) is 22.4 Å². The first-order valence-corrected chi connectivity index (χ1v) is 12.3. The Balaban J connectivity index is 1.79. The van der Waals surface area contributed by atoms with Crippen molar-refractivity contribution in [3.05, 3.63) is 53.9 Å². The Morgan fingerprint density at radius 1 is 1.17 bits per heavy atom. The zero-order valence-corrected chi connectivity index (χ0v) is 22.9. The van der Waals surface area contributed by atoms with Crippen molar-refractivity contribution in [1.82, 2.24) is 24.7 Å². The van der Waals surface area contributed by atoms with E-state index in [2.05, 4.69) is 31.8 Å². The van der Waals surface area contributed by atoms with Crippen LogP contribution in [0.4, 0.5) is 33.9 Å². The molecule has 2 aromatic heterocycles. The van der Waals surface area contributed by atoms with Crippen molar-refractivity contribution in [3.8, 4) is 5.88 Å². The van der Waals surface area contributed by atoms with Crippen LogP contribution >= 0.6 is 0 Å². The highest BCUT2D eigenvalue weighted by Gasteiger charge is 2.33. The molecule has 1 fully saturated rings. The number of hydrogen-bond acceptors (Lipinski definition) is 8. The number of carbonyl (C=O) groups excluding carboxylic acids is 1. The van der Waals surface area contributed by atoms with Gasteiger partial charge in [0.05, 0.1) is 24.6 Å². The van der Waals surface area contributed by atoms with Crippen LogP contribution in [0.15, 0.2) is 46.9 Å². The lowest BCUT2D eigenvalue weighted by atomic mass is 10.1. The predicted octanol–water partition coefficient (Wildman–Crippen LogP) is 2.65. The van der Waals surface area contributed by atoms with Crippen LogP contribution in [0.25, 0.3) is 0 Å². The number of methoxy groups -OCH3 is 1. The van der Waals surface area contributed by atoms with Crippen LogP contribution in [0.2, 0.25) is 0 Å². The maximum absolute atomic E-state index is 14.2. The lowest BCUT2D eigenvalue weighted by Crippen LogP contribution is -2.53. The van der Waals surface area contributed by atoms with Crippen molar-refractivity contribution in [3.63, 3.8) is 0 Å². The Kier molecular flexibility index (Phi) is 10.0. The van der Waals surface area contributed by atoms with Gasteiger partial charge in [0.15, 0.2) is 5.82 Å². The molecule has 0 unspecified atom stereocenters. The zero-order valence-electron chi connectivity index (χ0n) is 22.9. The molecule has 5 N–H and O–H groups in total. The number of nitrogens with zero attached hydrogens (tertiary/aromatic N) is 7. The maximum Gasteiger partial charge on any atom is 0.406 e. The molecule has 0 bridgehead atoms. The van der Waals surface area contributed by atoms with Crippen molar-refractivity contribution < 1.29 is 27.1 Å². The highest BCUT2D eigenvalue weighted by Crippen LogP contribution is 2.24. The molecule has 41 heavy (non-hydrogen) atoms. The summed E-state index contributed by atoms with van der Waals surface area (Å²) >= 11 is 0. The predicted molar refractivity (Wildman–Crippen MR) is 146 cm³/mol. The van der Waals surface area contributed by atoms with Gasteiger partial charge in [-0.05, 0) is 18.6 Å². The van der Waals surface area contributed by atoms with Crippen LogP contribution < -0.4 is 21.5 Å². The Morgan fingerprint density at radius 2 is 1.85 bits per heavy atom. The van der Waals surface area contributed by atoms with Gasteiger partial charge in [-0.3, -0.25) is 4.90 Å². The fraction of sp³-hybridized carbons (Fsp3) is 0.400. The van der Waals surface area contributed by atoms with E-state index in [1.165, 1.54) is 24.3 Å². The SMILES string of the molecule is C=C(N)N=C(C)N=C(N)c1cc(CN2CCN(C(=O)N(C)CC(F)(F)F)CC2)cnc1Nc1cnc(OC)c(F)c1. The number of piperazine rings is 1. The summed E-state index contributed by atoms with van der Waals surface area (Å²) in [4.78, 5) is 33.1. The smallest absolute Gasteiger partial charge is 0.406 e. The Bertz CT molecular complexity index is 1320. The number of urea groups is 1. The molecule has 16 heteroatoms. The molecular weight excluding hydrogens is 548 g/mol. The van der Waals surface area contributed by atoms with Crippen molar-refractivity contribution in [2.24, 2.45) is 21.5 Å². The van der Waals surface area contributed by atoms with E-state index >= 15 is 0 Å². The van der Waals surface area contributed by atoms with Crippen LogP contribution in [0, 0.1) is 5.82 Å². The second kappa shape index (κ2) is 13.3. The first-order chi connectivity index (χ1) is 19.3. The van der Waals surface area contributed by atoms with Gasteiger partial charge in [-0.15, -0.1) is 0 Å². The van der Waals surface area contributed by atoms with E-state index in [0.717, 1.165) is 12.6 Å². The first-order valence-electron chi connectivity index (χ1n) is 12.3. The third-order valence-electron chi connectivity index (χ3n) is 5.86. The van der Waals surface area contributed by atoms with Gasteiger partial charge < -0.3 is 31.3 Å². The molecule has 3 heterocycles. The van der Waals surface area contributed by atoms with Gasteiger partial charge in [-0.2, -0.15) is 13.2 Å². The molecule has 0 atom stereocenters. The van der Waals surface area contributed by atoms with Crippen molar-refractivity contribution in [1.29, 1.82) is 0 Å². The first kappa shape index (κ1) is 31.1. The van der Waals surface area contributed by atoms with Gasteiger partial charge in [0.1, 0.15) is 29.9 Å². The van der Waals surface area contributed by atoms with Crippen LogP contribution in [0.5, 0.6) is 5.88 Å². The third kappa shape index (κ3) is 9.02. The number of carbonyl (C=O) groups is 1. The molecule has 222 valence electrons. The van der Waals surface area contributed by atoms with Gasteiger partial charge in [0, 0.05) is 52.0 Å². The summed E-state index contributed by atoms with van der Waals surface area (Å²) < 4.78 is 57.1. The second-order valence-corrected chi connectivity index (χ2v) is 9.24. The highest BCUT2D eigenvalue weighted by molar-refractivity contribution is 6.08. The number of ether oxygens (including phenoxy) is 1. The molecule has 0 spiro atoms. The molecule has 0 saturated carbocycles. The topological polar surface area (TPSA) is 151 Å². The van der Waals surface area contributed by atoms with E-state index in [1.54, 1.807) is 19.2 Å². The Labute approximate surface area is 234 Å². The van der Waals surface area contributed by atoms with Gasteiger partial charge in [-0.25, -0.2) is 29.1 Å². The van der Waals surface area contributed by atoms with Gasteiger partial charge >= 0.3 is 12.2 Å². The molecule has 3 rings (SSSR count). The summed E-state index contributed by atoms with van der Waals surface area (Å²) in [6.45, 7) is 5.60. The fourth-order valence-electron chi connectivity index (χ4n) is 4.07. The van der Waals surface area contributed by atoms with Gasteiger partial charge in [-0.1, -0.05) is 6.58 Å². The number of aromatic nitrogens is 2. The monoisotopic (exact) mass is 580 g/mol. The minimum Gasteiger partial charge on any atom is -0.479 e. The molecule has 0 aliphatic carbocycles. The Hall–Kier alpha value is -4.47. The minimum atomic E-state index is -4.47. The second-order valence-electron chi connectivity index (χ2n) is 9.24. The standard InChI is InChI=1S/C25H32F4N10O2/c1-15(30)34-16(2)35-21(31)19-9-17(11-32-22(19)36-18-10-20(26)23(41-4)33-12-18)13-38-5-7-39(8-6-38)24(40)37(3)14-25(27,28)29/h9-12H,1,5-8,13-14,30H2,2-4H3,(H,32,36)(H2,31,34,35). The van der Waals surface area contributed by atoms with Gasteiger partial charge in [0.25, 0.3) is 0 Å². The van der Waals surface area contributed by atoms with E-state index in [1.807, 2.05) is 4.90 Å². The molecular formula is C25H32F4N10O2. The number of pyridine rings is 2. The van der Waals surface area contributed by atoms with E-state index in [4.69, 9.17) is 16.2 Å². The number of alkyl halides is 3. The zero-order chi connectivity index (χ0) is 30.3. The quantitative estimate of drug-likeness (QED) is 0.245. The van der Waals surface area contributed by atoms with Crippen LogP contribution in [0.1, 0.15) is 18.1 Å². The number of amidine groups is 2. The van der Waals surface area contributed by atoms with Gasteiger partial charge in [0.2, 0.25) is 5.88 Å². The lowest BCUT2D eigenvalue weighted by Gasteiger charge is -2.36. The van der Waals surface area contributed by atoms with E-state index in [0.29, 0.717) is 30.1 Å². The van der Waals surface area contributed by atoms with Crippen molar-refractivity contribution >= 4 is 29.2 Å². The number of hydrogen-bond donors (Lipinski definition) is 3. The fourth-order valence-corrected chi connectivity index (χ4v) is 4.07. The number of halogens is 4. The number of aliphatic imine (C=N–C) groups is 2. The molecule has 2 amide bonds. The molecule has 2 aromatic rings. The van der Waals surface area contributed by atoms with Crippen LogP contribution in [-0.4, -0.2) is 95.4 Å². The number of amides is 2. The number of rotatable bonds is 8. The molecule has 1 saturated heterocycles. The van der Waals surface area contributed by atoms with E-state index in [-0.39, 0.29) is 48.0 Å². The largest absolute Gasteiger partial charge is 0.479 e. The summed E-state index contributed by atoms with van der Waals surface area (Å²) in [5.74, 6) is -0.226. The average molecular weight is 581 g/mol. The molecule has 1 aliphatic rings. The van der Waals surface area contributed by atoms with Crippen LogP contribution in [-0.2, 0) is 6.54 Å². The van der Waals surface area contributed by atoms with Crippen molar-refractivity contribution in [2.45, 2.75) is 19.6 Å². The third-order valence-corrected chi connectivity index (χ3v) is 5.86. The minimum absolute atomic E-state index is 0.0475. The normalized spacial score (nSPS) is 15.0. The summed E-state index contributed by atoms with van der Waals surface area (Å²) in [6, 6.07) is 2.27. The summed E-state index contributed by atoms with van der Waals surface area (Å²) in [6.07, 6.45) is -1.50. The molecule has 12 nitrogen and oxygen atoms in total. The lowest BCUT2D eigenvalue weighted by molar-refractivity contribution is -0.138. The molecule has 0 aromatic carbocycles. The van der Waals surface area contributed by atoms with Crippen molar-refractivity contribution in [2.75, 3.05) is 52.2 Å². The summed E-state index contributed by atoms with van der Waals surface area (Å²) in [5, 5.41) is 2.98. The Morgan fingerprint density at radius 3 is 2.44 bits per heavy atom. The number of anilines is 2. The van der Waals surface area contributed by atoms with E-state index < -0.39 is 24.6 Å². The average Bonchev–Trinajstić information content (AvgIpc) is 2.88. The highest BCUT2D eigenvalue weighted by atomic mass is 19.4. The summed E-state index contributed by atoms with van der Waals surface area (Å²) in [5.41, 5.74) is 13.2. The molecule has 1 aliphatic heterocycles. The maximum atomic E-state index is 14.2. The summed E-state index contributed by atoms with van der Waals surface area (Å²) in [7, 11) is 2.43. The molecule has 0 radical (unpaired) electrons. The number of nitrogens with two attached hydrogens (primary N) is 2. The number of nitrogens with one attached hydrogen (secondary N) is 1. The van der Waals surface area contributed by atoms with Crippen LogP contribution in [0.3, 0.4) is 0 Å².